The summed E-state index contributed by atoms with van der Waals surface area (Å²) < 4.78 is 33.3. The van der Waals surface area contributed by atoms with Gasteiger partial charge in [0, 0.05) is 13.0 Å². The Balaban J connectivity index is 4.25. The molecule has 0 aliphatic carbocycles. The van der Waals surface area contributed by atoms with Crippen LogP contribution in [-0.4, -0.2) is 66.3 Å². The number of esters is 1. The van der Waals surface area contributed by atoms with Gasteiger partial charge < -0.3 is 24.6 Å². The zero-order valence-corrected chi connectivity index (χ0v) is 32.8. The second-order valence-electron chi connectivity index (χ2n) is 13.3. The lowest BCUT2D eigenvalue weighted by Crippen LogP contribution is -2.29. The second kappa shape index (κ2) is 37.4. The zero-order valence-electron chi connectivity index (χ0n) is 31.9. The largest absolute Gasteiger partial charge is 0.472 e. The smallest absolute Gasteiger partial charge is 0.457 e. The lowest BCUT2D eigenvalue weighted by molar-refractivity contribution is -0.154. The molecule has 10 heteroatoms. The monoisotopic (exact) mass is 731 g/mol. The molecule has 0 aliphatic heterocycles. The van der Waals surface area contributed by atoms with E-state index in [1.807, 2.05) is 0 Å². The third-order valence-corrected chi connectivity index (χ3v) is 9.25. The van der Waals surface area contributed by atoms with Crippen LogP contribution in [0.2, 0.25) is 0 Å². The number of phosphoric acid groups is 1. The van der Waals surface area contributed by atoms with E-state index in [1.54, 1.807) is 0 Å². The standard InChI is InChI=1S/C40H75O9P/c1-3-5-7-9-11-13-15-17-19-20-22-24-26-28-30-32-40(43)49-39(37-48-50(44,45)47-35-38(42)34-41)36-46-33-31-29-27-25-23-21-18-16-14-12-10-8-6-4-2/h11,13-14,16-17,19,38-39,41-42H,3-10,12,15,18,20-37H2,1-2H3,(H,44,45)/b13-11-,16-14-,19-17-. The molecule has 0 aromatic heterocycles. The molecule has 0 aliphatic rings. The highest BCUT2D eigenvalue weighted by atomic mass is 31.2. The van der Waals surface area contributed by atoms with Crippen molar-refractivity contribution in [1.82, 2.24) is 0 Å². The van der Waals surface area contributed by atoms with E-state index in [9.17, 15) is 19.4 Å². The van der Waals surface area contributed by atoms with Crippen LogP contribution in [0.25, 0.3) is 0 Å². The number of phosphoric ester groups is 1. The number of allylic oxidation sites excluding steroid dienone is 6. The fourth-order valence-electron chi connectivity index (χ4n) is 5.20. The summed E-state index contributed by atoms with van der Waals surface area (Å²) in [5.74, 6) is -0.399. The van der Waals surface area contributed by atoms with Crippen LogP contribution in [0.4, 0.5) is 0 Å². The van der Waals surface area contributed by atoms with Crippen molar-refractivity contribution in [1.29, 1.82) is 0 Å². The number of carbonyl (C=O) groups is 1. The maximum Gasteiger partial charge on any atom is 0.472 e. The maximum absolute atomic E-state index is 12.6. The van der Waals surface area contributed by atoms with Crippen LogP contribution in [0.3, 0.4) is 0 Å². The Bertz CT molecular complexity index is 877. The molecule has 0 amide bonds. The minimum atomic E-state index is -4.52. The first-order chi connectivity index (χ1) is 24.3. The van der Waals surface area contributed by atoms with E-state index in [0.29, 0.717) is 13.0 Å². The molecule has 3 unspecified atom stereocenters. The van der Waals surface area contributed by atoms with Crippen LogP contribution < -0.4 is 0 Å². The van der Waals surface area contributed by atoms with Gasteiger partial charge in [-0.15, -0.1) is 0 Å². The van der Waals surface area contributed by atoms with Gasteiger partial charge in [-0.05, 0) is 70.6 Å². The summed E-state index contributed by atoms with van der Waals surface area (Å²) in [5.41, 5.74) is 0. The molecular formula is C40H75O9P. The number of rotatable bonds is 38. The van der Waals surface area contributed by atoms with Crippen molar-refractivity contribution in [2.75, 3.05) is 33.0 Å². The van der Waals surface area contributed by atoms with Gasteiger partial charge in [0.25, 0.3) is 0 Å². The van der Waals surface area contributed by atoms with E-state index in [0.717, 1.165) is 64.2 Å². The Kier molecular flexibility index (Phi) is 36.4. The van der Waals surface area contributed by atoms with Crippen molar-refractivity contribution in [2.24, 2.45) is 0 Å². The van der Waals surface area contributed by atoms with Gasteiger partial charge in [-0.3, -0.25) is 13.8 Å². The Morgan fingerprint density at radius 2 is 1.08 bits per heavy atom. The molecule has 0 aromatic carbocycles. The van der Waals surface area contributed by atoms with Gasteiger partial charge in [0.05, 0.1) is 26.4 Å². The van der Waals surface area contributed by atoms with Crippen LogP contribution in [0.15, 0.2) is 36.5 Å². The van der Waals surface area contributed by atoms with Gasteiger partial charge in [-0.25, -0.2) is 4.57 Å². The summed E-state index contributed by atoms with van der Waals surface area (Å²) in [4.78, 5) is 22.5. The molecule has 0 radical (unpaired) electrons. The third-order valence-electron chi connectivity index (χ3n) is 8.30. The van der Waals surface area contributed by atoms with Crippen molar-refractivity contribution in [3.8, 4) is 0 Å². The predicted molar refractivity (Wildman–Crippen MR) is 205 cm³/mol. The summed E-state index contributed by atoms with van der Waals surface area (Å²) in [6.07, 6.45) is 38.1. The normalized spacial score (nSPS) is 14.6. The highest BCUT2D eigenvalue weighted by Gasteiger charge is 2.26. The molecular weight excluding hydrogens is 655 g/mol. The highest BCUT2D eigenvalue weighted by Crippen LogP contribution is 2.43. The average molecular weight is 731 g/mol. The number of hydrogen-bond donors (Lipinski definition) is 3. The van der Waals surface area contributed by atoms with Crippen molar-refractivity contribution in [2.45, 2.75) is 180 Å². The molecule has 0 aromatic rings. The summed E-state index contributed by atoms with van der Waals surface area (Å²) in [6.45, 7) is 3.44. The van der Waals surface area contributed by atoms with Crippen LogP contribution >= 0.6 is 7.82 Å². The molecule has 0 heterocycles. The van der Waals surface area contributed by atoms with Crippen molar-refractivity contribution < 1.29 is 43.0 Å². The molecule has 0 saturated heterocycles. The summed E-state index contributed by atoms with van der Waals surface area (Å²) in [7, 11) is -4.52. The molecule has 0 rings (SSSR count). The number of aliphatic hydroxyl groups excluding tert-OH is 2. The topological polar surface area (TPSA) is 132 Å². The van der Waals surface area contributed by atoms with Crippen LogP contribution in [-0.2, 0) is 27.9 Å². The average Bonchev–Trinajstić information content (AvgIpc) is 3.10. The second-order valence-corrected chi connectivity index (χ2v) is 14.7. The Morgan fingerprint density at radius 3 is 1.66 bits per heavy atom. The molecule has 0 spiro atoms. The summed E-state index contributed by atoms with van der Waals surface area (Å²) >= 11 is 0. The molecule has 0 fully saturated rings. The molecule has 3 N–H and O–H groups in total. The summed E-state index contributed by atoms with van der Waals surface area (Å²) in [6, 6.07) is 0. The Labute approximate surface area is 305 Å². The molecule has 9 nitrogen and oxygen atoms in total. The molecule has 3 atom stereocenters. The lowest BCUT2D eigenvalue weighted by Gasteiger charge is -2.20. The fourth-order valence-corrected chi connectivity index (χ4v) is 5.99. The van der Waals surface area contributed by atoms with Gasteiger partial charge in [0.2, 0.25) is 0 Å². The van der Waals surface area contributed by atoms with Gasteiger partial charge in [0.15, 0.2) is 0 Å². The first kappa shape index (κ1) is 48.7. The first-order valence-electron chi connectivity index (χ1n) is 20.0. The van der Waals surface area contributed by atoms with E-state index in [1.165, 1.54) is 77.0 Å². The van der Waals surface area contributed by atoms with E-state index < -0.39 is 39.2 Å². The number of ether oxygens (including phenoxy) is 2. The van der Waals surface area contributed by atoms with Crippen molar-refractivity contribution in [3.63, 3.8) is 0 Å². The van der Waals surface area contributed by atoms with Gasteiger partial charge in [-0.2, -0.15) is 0 Å². The number of hydrogen-bond acceptors (Lipinski definition) is 8. The van der Waals surface area contributed by atoms with Crippen molar-refractivity contribution >= 4 is 13.8 Å². The molecule has 0 saturated carbocycles. The van der Waals surface area contributed by atoms with Crippen LogP contribution in [0.1, 0.15) is 168 Å². The zero-order chi connectivity index (χ0) is 36.8. The van der Waals surface area contributed by atoms with E-state index in [-0.39, 0.29) is 19.6 Å². The van der Waals surface area contributed by atoms with Gasteiger partial charge in [0.1, 0.15) is 12.2 Å². The van der Waals surface area contributed by atoms with Crippen molar-refractivity contribution in [3.05, 3.63) is 36.5 Å². The third kappa shape index (κ3) is 36.5. The predicted octanol–water partition coefficient (Wildman–Crippen LogP) is 10.5. The van der Waals surface area contributed by atoms with E-state index in [2.05, 4.69) is 50.3 Å². The molecule has 0 bridgehead atoms. The first-order valence-corrected chi connectivity index (χ1v) is 21.5. The Morgan fingerprint density at radius 1 is 0.620 bits per heavy atom. The maximum atomic E-state index is 12.6. The van der Waals surface area contributed by atoms with Gasteiger partial charge >= 0.3 is 13.8 Å². The van der Waals surface area contributed by atoms with Gasteiger partial charge in [-0.1, -0.05) is 127 Å². The molecule has 50 heavy (non-hydrogen) atoms. The lowest BCUT2D eigenvalue weighted by atomic mass is 10.1. The molecule has 294 valence electrons. The Hall–Kier alpha value is -1.32. The minimum absolute atomic E-state index is 0.0396. The summed E-state index contributed by atoms with van der Waals surface area (Å²) in [5, 5.41) is 18.3. The number of unbranched alkanes of at least 4 members (excludes halogenated alkanes) is 18. The highest BCUT2D eigenvalue weighted by molar-refractivity contribution is 7.47. The minimum Gasteiger partial charge on any atom is -0.457 e. The number of aliphatic hydroxyl groups is 2. The van der Waals surface area contributed by atoms with E-state index in [4.69, 9.17) is 23.6 Å². The fraction of sp³-hybridized carbons (Fsp3) is 0.825. The number of carbonyl (C=O) groups excluding carboxylic acids is 1. The van der Waals surface area contributed by atoms with Crippen LogP contribution in [0, 0.1) is 0 Å². The quantitative estimate of drug-likeness (QED) is 0.0246. The van der Waals surface area contributed by atoms with Crippen LogP contribution in [0.5, 0.6) is 0 Å². The SMILES string of the molecule is CCCCC/C=C\C/C=C\CCCCCCCC(=O)OC(COCCCCCCCC/C=C\CCCCCC)COP(=O)(O)OCC(O)CO. The van der Waals surface area contributed by atoms with E-state index >= 15 is 0 Å².